The summed E-state index contributed by atoms with van der Waals surface area (Å²) in [5.41, 5.74) is 2.83. The average Bonchev–Trinajstić information content (AvgIpc) is 2.63. The molecule has 3 rings (SSSR count). The molecule has 0 aliphatic heterocycles. The van der Waals surface area contributed by atoms with E-state index >= 15 is 0 Å². The number of nitrogens with zero attached hydrogens (tertiary/aromatic N) is 1. The zero-order chi connectivity index (χ0) is 16.8. The van der Waals surface area contributed by atoms with Gasteiger partial charge in [0.25, 0.3) is 0 Å². The summed E-state index contributed by atoms with van der Waals surface area (Å²) in [6.45, 7) is 2.08. The lowest BCUT2D eigenvalue weighted by Crippen LogP contribution is -2.24. The fraction of sp³-hybridized carbons (Fsp3) is 0.400. The molecule has 1 atom stereocenters. The van der Waals surface area contributed by atoms with Gasteiger partial charge in [0.05, 0.1) is 11.7 Å². The van der Waals surface area contributed by atoms with Crippen molar-refractivity contribution in [1.82, 2.24) is 4.98 Å². The van der Waals surface area contributed by atoms with E-state index in [0.29, 0.717) is 0 Å². The lowest BCUT2D eigenvalue weighted by atomic mass is 9.88. The number of amides is 1. The molecular formula is C20H25N3O. The van der Waals surface area contributed by atoms with Crippen LogP contribution in [0.3, 0.4) is 0 Å². The summed E-state index contributed by atoms with van der Waals surface area (Å²) in [5, 5.41) is 6.51. The number of carbonyl (C=O) groups is 1. The van der Waals surface area contributed by atoms with Gasteiger partial charge in [-0.3, -0.25) is 9.78 Å². The van der Waals surface area contributed by atoms with Crippen LogP contribution < -0.4 is 10.6 Å². The van der Waals surface area contributed by atoms with E-state index in [4.69, 9.17) is 0 Å². The molecule has 1 heterocycles. The Kier molecular flexibility index (Phi) is 5.47. The minimum absolute atomic E-state index is 0.107. The van der Waals surface area contributed by atoms with Crippen LogP contribution in [0.4, 0.5) is 11.4 Å². The van der Waals surface area contributed by atoms with E-state index in [9.17, 15) is 4.79 Å². The number of hydrogen-bond acceptors (Lipinski definition) is 3. The number of nitrogens with one attached hydrogen (secondary N) is 2. The molecule has 0 radical (unpaired) electrons. The van der Waals surface area contributed by atoms with Gasteiger partial charge in [-0.2, -0.15) is 0 Å². The van der Waals surface area contributed by atoms with Gasteiger partial charge in [0.2, 0.25) is 5.91 Å². The zero-order valence-corrected chi connectivity index (χ0v) is 14.2. The number of aromatic nitrogens is 1. The molecule has 0 saturated heterocycles. The van der Waals surface area contributed by atoms with Gasteiger partial charge in [-0.05, 0) is 50.1 Å². The molecule has 4 heteroatoms. The van der Waals surface area contributed by atoms with Crippen LogP contribution in [0.15, 0.2) is 48.7 Å². The molecule has 1 saturated carbocycles. The van der Waals surface area contributed by atoms with Gasteiger partial charge in [-0.15, -0.1) is 0 Å². The summed E-state index contributed by atoms with van der Waals surface area (Å²) in [6.07, 6.45) is 7.42. The van der Waals surface area contributed by atoms with Gasteiger partial charge in [0.1, 0.15) is 0 Å². The number of rotatable bonds is 5. The van der Waals surface area contributed by atoms with E-state index in [1.165, 1.54) is 19.3 Å². The van der Waals surface area contributed by atoms with Crippen molar-refractivity contribution < 1.29 is 4.79 Å². The predicted octanol–water partition coefficient (Wildman–Crippen LogP) is 4.77. The van der Waals surface area contributed by atoms with Gasteiger partial charge in [-0.1, -0.05) is 31.4 Å². The van der Waals surface area contributed by atoms with Crippen LogP contribution in [0.5, 0.6) is 0 Å². The minimum Gasteiger partial charge on any atom is -0.377 e. The van der Waals surface area contributed by atoms with Crippen molar-refractivity contribution >= 4 is 17.3 Å². The topological polar surface area (TPSA) is 54.0 Å². The SMILES string of the molecule is C[C@@H](Nc1cccc(NC(=O)C2CCCCC2)c1)c1ccccn1. The van der Waals surface area contributed by atoms with Crippen molar-refractivity contribution in [2.75, 3.05) is 10.6 Å². The first-order valence-electron chi connectivity index (χ1n) is 8.81. The highest BCUT2D eigenvalue weighted by atomic mass is 16.1. The number of hydrogen-bond donors (Lipinski definition) is 2. The third-order valence-electron chi connectivity index (χ3n) is 4.62. The van der Waals surface area contributed by atoms with E-state index in [0.717, 1.165) is 29.9 Å². The number of pyridine rings is 1. The van der Waals surface area contributed by atoms with Crippen LogP contribution in [-0.2, 0) is 4.79 Å². The maximum atomic E-state index is 12.4. The normalized spacial score (nSPS) is 16.4. The van der Waals surface area contributed by atoms with Crippen LogP contribution in [-0.4, -0.2) is 10.9 Å². The molecule has 0 unspecified atom stereocenters. The first-order chi connectivity index (χ1) is 11.7. The average molecular weight is 323 g/mol. The molecule has 4 nitrogen and oxygen atoms in total. The third kappa shape index (κ3) is 4.34. The molecule has 1 aliphatic rings. The van der Waals surface area contributed by atoms with Crippen molar-refractivity contribution in [2.24, 2.45) is 5.92 Å². The summed E-state index contributed by atoms with van der Waals surface area (Å²) >= 11 is 0. The maximum Gasteiger partial charge on any atom is 0.227 e. The van der Waals surface area contributed by atoms with E-state index in [2.05, 4.69) is 22.5 Å². The lowest BCUT2D eigenvalue weighted by molar-refractivity contribution is -0.120. The summed E-state index contributed by atoms with van der Waals surface area (Å²) in [4.78, 5) is 16.8. The molecule has 1 aromatic heterocycles. The van der Waals surface area contributed by atoms with Crippen molar-refractivity contribution in [1.29, 1.82) is 0 Å². The van der Waals surface area contributed by atoms with Crippen LogP contribution in [0.2, 0.25) is 0 Å². The molecule has 1 aromatic carbocycles. The quantitative estimate of drug-likeness (QED) is 0.833. The molecule has 126 valence electrons. The van der Waals surface area contributed by atoms with Gasteiger partial charge in [0, 0.05) is 23.5 Å². The predicted molar refractivity (Wildman–Crippen MR) is 97.9 cm³/mol. The van der Waals surface area contributed by atoms with Crippen LogP contribution in [0.1, 0.15) is 50.8 Å². The molecule has 2 aromatic rings. The summed E-state index contributed by atoms with van der Waals surface area (Å²) in [5.74, 6) is 0.326. The van der Waals surface area contributed by atoms with Crippen LogP contribution in [0.25, 0.3) is 0 Å². The largest absolute Gasteiger partial charge is 0.377 e. The Labute approximate surface area is 143 Å². The molecule has 0 spiro atoms. The molecule has 2 N–H and O–H groups in total. The highest BCUT2D eigenvalue weighted by Crippen LogP contribution is 2.26. The standard InChI is InChI=1S/C20H25N3O/c1-15(19-12-5-6-13-21-19)22-17-10-7-11-18(14-17)23-20(24)16-8-3-2-4-9-16/h5-7,10-16,22H,2-4,8-9H2,1H3,(H,23,24)/t15-/m1/s1. The van der Waals surface area contributed by atoms with Crippen LogP contribution >= 0.6 is 0 Å². The minimum atomic E-state index is 0.107. The Hall–Kier alpha value is -2.36. The Bertz CT molecular complexity index is 666. The second-order valence-electron chi connectivity index (χ2n) is 6.53. The maximum absolute atomic E-state index is 12.4. The molecule has 1 amide bonds. The second-order valence-corrected chi connectivity index (χ2v) is 6.53. The first-order valence-corrected chi connectivity index (χ1v) is 8.81. The fourth-order valence-corrected chi connectivity index (χ4v) is 3.25. The number of benzene rings is 1. The fourth-order valence-electron chi connectivity index (χ4n) is 3.25. The smallest absolute Gasteiger partial charge is 0.227 e. The van der Waals surface area contributed by atoms with E-state index in [1.54, 1.807) is 6.20 Å². The summed E-state index contributed by atoms with van der Waals surface area (Å²) in [6, 6.07) is 13.9. The highest BCUT2D eigenvalue weighted by Gasteiger charge is 2.21. The van der Waals surface area contributed by atoms with Crippen molar-refractivity contribution in [3.63, 3.8) is 0 Å². The van der Waals surface area contributed by atoms with E-state index < -0.39 is 0 Å². The molecule has 1 fully saturated rings. The molecule has 0 bridgehead atoms. The molecule has 24 heavy (non-hydrogen) atoms. The zero-order valence-electron chi connectivity index (χ0n) is 14.2. The van der Waals surface area contributed by atoms with Gasteiger partial charge in [0.15, 0.2) is 0 Å². The Balaban J connectivity index is 1.62. The Morgan fingerprint density at radius 3 is 2.62 bits per heavy atom. The first kappa shape index (κ1) is 16.5. The Morgan fingerprint density at radius 2 is 1.88 bits per heavy atom. The summed E-state index contributed by atoms with van der Waals surface area (Å²) < 4.78 is 0. The molecule has 1 aliphatic carbocycles. The lowest BCUT2D eigenvalue weighted by Gasteiger charge is -2.21. The van der Waals surface area contributed by atoms with Crippen molar-refractivity contribution in [3.8, 4) is 0 Å². The van der Waals surface area contributed by atoms with E-state index in [-0.39, 0.29) is 17.9 Å². The second kappa shape index (κ2) is 7.95. The van der Waals surface area contributed by atoms with Gasteiger partial charge in [-0.25, -0.2) is 0 Å². The monoisotopic (exact) mass is 323 g/mol. The van der Waals surface area contributed by atoms with Crippen molar-refractivity contribution in [2.45, 2.75) is 45.1 Å². The highest BCUT2D eigenvalue weighted by molar-refractivity contribution is 5.93. The third-order valence-corrected chi connectivity index (χ3v) is 4.62. The number of anilines is 2. The van der Waals surface area contributed by atoms with Gasteiger partial charge >= 0.3 is 0 Å². The summed E-state index contributed by atoms with van der Waals surface area (Å²) in [7, 11) is 0. The van der Waals surface area contributed by atoms with Crippen LogP contribution in [0, 0.1) is 5.92 Å². The molecular weight excluding hydrogens is 298 g/mol. The van der Waals surface area contributed by atoms with Crippen molar-refractivity contribution in [3.05, 3.63) is 54.4 Å². The Morgan fingerprint density at radius 1 is 1.08 bits per heavy atom. The van der Waals surface area contributed by atoms with Gasteiger partial charge < -0.3 is 10.6 Å². The van der Waals surface area contributed by atoms with E-state index in [1.807, 2.05) is 42.5 Å². The number of carbonyl (C=O) groups excluding carboxylic acids is 1.